The molecule has 0 spiro atoms. The zero-order valence-corrected chi connectivity index (χ0v) is 12.4. The predicted octanol–water partition coefficient (Wildman–Crippen LogP) is 2.44. The molecule has 2 unspecified atom stereocenters. The highest BCUT2D eigenvalue weighted by Crippen LogP contribution is 2.29. The maximum Gasteiger partial charge on any atom is 0.118 e. The number of ether oxygens (including phenoxy) is 1. The first-order chi connectivity index (χ1) is 9.09. The molecular formula is C16H26N2O. The van der Waals surface area contributed by atoms with Gasteiger partial charge >= 0.3 is 0 Å². The molecule has 0 aromatic heterocycles. The molecule has 0 radical (unpaired) electrons. The first-order valence-corrected chi connectivity index (χ1v) is 7.19. The maximum atomic E-state index is 6.09. The average Bonchev–Trinajstić information content (AvgIpc) is 2.86. The van der Waals surface area contributed by atoms with Crippen LogP contribution in [0.15, 0.2) is 24.3 Å². The van der Waals surface area contributed by atoms with E-state index < -0.39 is 0 Å². The molecule has 0 aliphatic carbocycles. The van der Waals surface area contributed by atoms with E-state index in [1.807, 2.05) is 12.1 Å². The minimum Gasteiger partial charge on any atom is -0.497 e. The highest BCUT2D eigenvalue weighted by Gasteiger charge is 2.36. The summed E-state index contributed by atoms with van der Waals surface area (Å²) in [5.41, 5.74) is 7.47. The van der Waals surface area contributed by atoms with Crippen LogP contribution >= 0.6 is 0 Å². The Morgan fingerprint density at radius 1 is 1.37 bits per heavy atom. The summed E-state index contributed by atoms with van der Waals surface area (Å²) in [5.74, 6) is 0.910. The van der Waals surface area contributed by atoms with E-state index in [1.54, 1.807) is 7.11 Å². The Balaban J connectivity index is 2.12. The zero-order chi connectivity index (χ0) is 13.9. The van der Waals surface area contributed by atoms with Crippen LogP contribution in [-0.2, 0) is 6.42 Å². The first kappa shape index (κ1) is 14.4. The Morgan fingerprint density at radius 3 is 2.53 bits per heavy atom. The second-order valence-electron chi connectivity index (χ2n) is 5.91. The van der Waals surface area contributed by atoms with E-state index in [-0.39, 0.29) is 5.54 Å². The van der Waals surface area contributed by atoms with Gasteiger partial charge in [0.15, 0.2) is 0 Å². The van der Waals surface area contributed by atoms with Crippen LogP contribution in [0.25, 0.3) is 0 Å². The number of methoxy groups -OCH3 is 1. The Kier molecular flexibility index (Phi) is 4.48. The summed E-state index contributed by atoms with van der Waals surface area (Å²) in [5, 5.41) is 0. The van der Waals surface area contributed by atoms with Gasteiger partial charge in [-0.05, 0) is 57.4 Å². The fourth-order valence-corrected chi connectivity index (χ4v) is 3.21. The van der Waals surface area contributed by atoms with E-state index in [0.717, 1.165) is 12.2 Å². The van der Waals surface area contributed by atoms with Gasteiger partial charge in [0.05, 0.1) is 7.11 Å². The van der Waals surface area contributed by atoms with Crippen LogP contribution in [0, 0.1) is 0 Å². The lowest BCUT2D eigenvalue weighted by Crippen LogP contribution is -2.54. The van der Waals surface area contributed by atoms with Crippen molar-refractivity contribution in [2.45, 2.75) is 44.7 Å². The van der Waals surface area contributed by atoms with Crippen LogP contribution in [0.1, 0.15) is 32.3 Å². The number of hydrogen-bond acceptors (Lipinski definition) is 3. The number of benzene rings is 1. The van der Waals surface area contributed by atoms with Crippen molar-refractivity contribution in [2.75, 3.05) is 20.2 Å². The largest absolute Gasteiger partial charge is 0.497 e. The highest BCUT2D eigenvalue weighted by molar-refractivity contribution is 5.28. The lowest BCUT2D eigenvalue weighted by atomic mass is 9.90. The van der Waals surface area contributed by atoms with Crippen molar-refractivity contribution in [3.05, 3.63) is 29.8 Å². The molecule has 1 aliphatic heterocycles. The fourth-order valence-electron chi connectivity index (χ4n) is 3.21. The van der Waals surface area contributed by atoms with Crippen molar-refractivity contribution in [2.24, 2.45) is 5.73 Å². The summed E-state index contributed by atoms with van der Waals surface area (Å²) in [6, 6.07) is 8.99. The molecule has 1 aromatic rings. The molecule has 2 atom stereocenters. The van der Waals surface area contributed by atoms with Crippen LogP contribution in [0.2, 0.25) is 0 Å². The Bertz CT molecular complexity index is 404. The molecule has 0 amide bonds. The molecule has 2 N–H and O–H groups in total. The number of nitrogens with two attached hydrogens (primary N) is 1. The smallest absolute Gasteiger partial charge is 0.118 e. The van der Waals surface area contributed by atoms with Gasteiger partial charge in [-0.3, -0.25) is 4.90 Å². The summed E-state index contributed by atoms with van der Waals surface area (Å²) in [6.45, 7) is 6.47. The summed E-state index contributed by atoms with van der Waals surface area (Å²) in [4.78, 5) is 2.58. The van der Waals surface area contributed by atoms with Crippen LogP contribution in [0.3, 0.4) is 0 Å². The minimum absolute atomic E-state index is 0.0600. The van der Waals surface area contributed by atoms with Gasteiger partial charge in [0.1, 0.15) is 5.75 Å². The van der Waals surface area contributed by atoms with Gasteiger partial charge < -0.3 is 10.5 Å². The summed E-state index contributed by atoms with van der Waals surface area (Å²) < 4.78 is 5.21. The van der Waals surface area contributed by atoms with Crippen LogP contribution in [-0.4, -0.2) is 36.7 Å². The minimum atomic E-state index is 0.0600. The van der Waals surface area contributed by atoms with Gasteiger partial charge in [0.2, 0.25) is 0 Å². The molecule has 3 heteroatoms. The lowest BCUT2D eigenvalue weighted by molar-refractivity contribution is 0.103. The standard InChI is InChI=1S/C16H26N2O/c1-13-5-4-10-18(13)16(2,12-17)11-14-6-8-15(19-3)9-7-14/h6-9,13H,4-5,10-12,17H2,1-3H3. The summed E-state index contributed by atoms with van der Waals surface area (Å²) in [6.07, 6.45) is 3.58. The number of likely N-dealkylation sites (tertiary alicyclic amines) is 1. The molecule has 2 rings (SSSR count). The lowest BCUT2D eigenvalue weighted by Gasteiger charge is -2.41. The van der Waals surface area contributed by atoms with Crippen molar-refractivity contribution in [1.82, 2.24) is 4.90 Å². The third-order valence-electron chi connectivity index (χ3n) is 4.43. The van der Waals surface area contributed by atoms with Gasteiger partial charge in [-0.2, -0.15) is 0 Å². The van der Waals surface area contributed by atoms with E-state index in [0.29, 0.717) is 12.6 Å². The quantitative estimate of drug-likeness (QED) is 0.886. The summed E-state index contributed by atoms with van der Waals surface area (Å²) in [7, 11) is 1.70. The Hall–Kier alpha value is -1.06. The van der Waals surface area contributed by atoms with E-state index in [1.165, 1.54) is 24.9 Å². The van der Waals surface area contributed by atoms with E-state index in [4.69, 9.17) is 10.5 Å². The Labute approximate surface area is 116 Å². The fraction of sp³-hybridized carbons (Fsp3) is 0.625. The van der Waals surface area contributed by atoms with Crippen LogP contribution < -0.4 is 10.5 Å². The molecule has 1 aliphatic rings. The van der Waals surface area contributed by atoms with Gasteiger partial charge in [-0.25, -0.2) is 0 Å². The van der Waals surface area contributed by atoms with Crippen molar-refractivity contribution < 1.29 is 4.74 Å². The van der Waals surface area contributed by atoms with Crippen molar-refractivity contribution in [3.8, 4) is 5.75 Å². The van der Waals surface area contributed by atoms with Gasteiger partial charge in [0, 0.05) is 18.1 Å². The average molecular weight is 262 g/mol. The first-order valence-electron chi connectivity index (χ1n) is 7.19. The SMILES string of the molecule is COc1ccc(CC(C)(CN)N2CCCC2C)cc1. The second-order valence-corrected chi connectivity index (χ2v) is 5.91. The number of rotatable bonds is 5. The Morgan fingerprint density at radius 2 is 2.05 bits per heavy atom. The predicted molar refractivity (Wildman–Crippen MR) is 79.6 cm³/mol. The number of nitrogens with zero attached hydrogens (tertiary/aromatic N) is 1. The highest BCUT2D eigenvalue weighted by atomic mass is 16.5. The van der Waals surface area contributed by atoms with E-state index >= 15 is 0 Å². The molecule has 1 heterocycles. The van der Waals surface area contributed by atoms with E-state index in [9.17, 15) is 0 Å². The van der Waals surface area contributed by atoms with Crippen molar-refractivity contribution in [1.29, 1.82) is 0 Å². The van der Waals surface area contributed by atoms with Gasteiger partial charge in [0.25, 0.3) is 0 Å². The molecule has 1 fully saturated rings. The monoisotopic (exact) mass is 262 g/mol. The normalized spacial score (nSPS) is 23.3. The second kappa shape index (κ2) is 5.93. The zero-order valence-electron chi connectivity index (χ0n) is 12.4. The molecule has 106 valence electrons. The molecule has 19 heavy (non-hydrogen) atoms. The molecule has 1 aromatic carbocycles. The molecule has 3 nitrogen and oxygen atoms in total. The number of hydrogen-bond donors (Lipinski definition) is 1. The molecule has 1 saturated heterocycles. The third kappa shape index (κ3) is 3.10. The maximum absolute atomic E-state index is 6.09. The molecular weight excluding hydrogens is 236 g/mol. The van der Waals surface area contributed by atoms with Crippen molar-refractivity contribution >= 4 is 0 Å². The van der Waals surface area contributed by atoms with Gasteiger partial charge in [-0.1, -0.05) is 12.1 Å². The van der Waals surface area contributed by atoms with E-state index in [2.05, 4.69) is 30.9 Å². The van der Waals surface area contributed by atoms with Crippen LogP contribution in [0.5, 0.6) is 5.75 Å². The van der Waals surface area contributed by atoms with Crippen molar-refractivity contribution in [3.63, 3.8) is 0 Å². The van der Waals surface area contributed by atoms with Gasteiger partial charge in [-0.15, -0.1) is 0 Å². The topological polar surface area (TPSA) is 38.5 Å². The third-order valence-corrected chi connectivity index (χ3v) is 4.43. The molecule has 0 saturated carbocycles. The van der Waals surface area contributed by atoms with Crippen LogP contribution in [0.4, 0.5) is 0 Å². The summed E-state index contributed by atoms with van der Waals surface area (Å²) >= 11 is 0. The molecule has 0 bridgehead atoms.